The lowest BCUT2D eigenvalue weighted by Gasteiger charge is -2.21. The number of aliphatic hydroxyl groups excluding tert-OH is 1. The fourth-order valence-electron chi connectivity index (χ4n) is 8.19. The second-order valence-electron chi connectivity index (χ2n) is 19.8. The molecule has 0 bridgehead atoms. The van der Waals surface area contributed by atoms with Crippen LogP contribution in [0.5, 0.6) is 0 Å². The summed E-state index contributed by atoms with van der Waals surface area (Å²) in [6.45, 7) is 4.56. The number of hydrogen-bond donors (Lipinski definition) is 2. The molecular weight excluding hydrogens is 928 g/mol. The van der Waals surface area contributed by atoms with E-state index in [1.807, 2.05) is 0 Å². The summed E-state index contributed by atoms with van der Waals surface area (Å²) in [5.74, 6) is -1.47. The lowest BCUT2D eigenvalue weighted by Crippen LogP contribution is -2.30. The van der Waals surface area contributed by atoms with Crippen molar-refractivity contribution in [1.29, 1.82) is 0 Å². The van der Waals surface area contributed by atoms with E-state index in [4.69, 9.17) is 23.3 Å². The van der Waals surface area contributed by atoms with Crippen molar-refractivity contribution in [3.05, 3.63) is 48.6 Å². The minimum absolute atomic E-state index is 0.160. The summed E-state index contributed by atoms with van der Waals surface area (Å²) >= 11 is 0. The summed E-state index contributed by atoms with van der Waals surface area (Å²) in [6.07, 6.45) is 57.7. The summed E-state index contributed by atoms with van der Waals surface area (Å²) in [4.78, 5) is 48.5. The number of hydrogen-bond acceptors (Lipinski definition) is 10. The third-order valence-electron chi connectivity index (χ3n) is 12.7. The lowest BCUT2D eigenvalue weighted by molar-refractivity contribution is -0.161. The number of carbonyl (C=O) groups excluding carboxylic acids is 3. The van der Waals surface area contributed by atoms with E-state index in [9.17, 15) is 28.9 Å². The normalized spacial score (nSPS) is 13.7. The van der Waals surface area contributed by atoms with Gasteiger partial charge in [-0.2, -0.15) is 0 Å². The van der Waals surface area contributed by atoms with Crippen LogP contribution in [0.2, 0.25) is 0 Å². The predicted octanol–water partition coefficient (Wildman–Crippen LogP) is 17.4. The molecule has 0 aromatic heterocycles. The maximum atomic E-state index is 12.9. The minimum Gasteiger partial charge on any atom is -0.462 e. The molecule has 0 saturated carbocycles. The highest BCUT2D eigenvalue weighted by atomic mass is 31.2. The zero-order valence-corrected chi connectivity index (χ0v) is 47.3. The molecule has 0 amide bonds. The highest BCUT2D eigenvalue weighted by Gasteiger charge is 2.28. The van der Waals surface area contributed by atoms with Crippen LogP contribution in [0.15, 0.2) is 48.6 Å². The van der Waals surface area contributed by atoms with Crippen LogP contribution in [-0.2, 0) is 42.2 Å². The molecule has 0 spiro atoms. The van der Waals surface area contributed by atoms with Crippen molar-refractivity contribution in [2.75, 3.05) is 26.4 Å². The van der Waals surface area contributed by atoms with E-state index >= 15 is 0 Å². The first kappa shape index (κ1) is 69.4. The van der Waals surface area contributed by atoms with Gasteiger partial charge in [0.05, 0.1) is 19.8 Å². The van der Waals surface area contributed by atoms with Gasteiger partial charge in [-0.25, -0.2) is 4.57 Å². The number of allylic oxidation sites excluding steroid dienone is 8. The largest absolute Gasteiger partial charge is 0.472 e. The number of unbranched alkanes of at least 4 members (excludes halogenated alkanes) is 30. The van der Waals surface area contributed by atoms with E-state index in [-0.39, 0.29) is 25.9 Å². The first-order valence-corrected chi connectivity index (χ1v) is 31.0. The molecule has 0 aliphatic heterocycles. The van der Waals surface area contributed by atoms with Crippen molar-refractivity contribution in [2.45, 2.75) is 290 Å². The van der Waals surface area contributed by atoms with E-state index in [1.54, 1.807) is 0 Å². The standard InChI is InChI=1S/C60H109O11P/c1-4-7-10-13-16-19-22-25-27-28-30-33-36-39-42-45-48-51-60(64)71-57(53-67-58(62)49-46-43-40-37-34-32-29-26-23-20-17-14-11-8-5-2)55-69-72(65,66)68-54-56(52-61)70-59(63)50-47-44-41-38-35-31-24-21-18-15-12-9-6-3/h12,15-16,19,21,24-25,27,56-57,61H,4-11,13-14,17-18,20,22-23,26,28-55H2,1-3H3,(H,65,66)/b15-12-,19-16-,24-21-,27-25-. The number of aliphatic hydroxyl groups is 1. The molecule has 0 aromatic carbocycles. The number of rotatable bonds is 55. The van der Waals surface area contributed by atoms with Gasteiger partial charge in [-0.3, -0.25) is 23.4 Å². The topological polar surface area (TPSA) is 155 Å². The Morgan fingerprint density at radius 2 is 0.708 bits per heavy atom. The SMILES string of the molecule is CCC/C=C\C/C=C\CCCCCCCC(=O)OC(CO)COP(=O)(O)OCC(COC(=O)CCCCCCCCCCCCCCCCC)OC(=O)CCCCCCCCC/C=C\C/C=C\CCCCC. The summed E-state index contributed by atoms with van der Waals surface area (Å²) in [5.41, 5.74) is 0. The van der Waals surface area contributed by atoms with Gasteiger partial charge >= 0.3 is 25.7 Å². The molecule has 0 fully saturated rings. The van der Waals surface area contributed by atoms with Crippen LogP contribution >= 0.6 is 7.82 Å². The molecule has 0 radical (unpaired) electrons. The van der Waals surface area contributed by atoms with Crippen LogP contribution in [0.1, 0.15) is 278 Å². The molecule has 11 nitrogen and oxygen atoms in total. The van der Waals surface area contributed by atoms with Gasteiger partial charge in [0.1, 0.15) is 12.7 Å². The molecule has 3 atom stereocenters. The molecule has 0 rings (SSSR count). The second kappa shape index (κ2) is 54.7. The highest BCUT2D eigenvalue weighted by molar-refractivity contribution is 7.47. The Morgan fingerprint density at radius 1 is 0.389 bits per heavy atom. The summed E-state index contributed by atoms with van der Waals surface area (Å²) < 4.78 is 39.5. The van der Waals surface area contributed by atoms with Crippen molar-refractivity contribution in [1.82, 2.24) is 0 Å². The molecular formula is C60H109O11P. The Labute approximate surface area is 441 Å². The smallest absolute Gasteiger partial charge is 0.462 e. The zero-order chi connectivity index (χ0) is 52.7. The van der Waals surface area contributed by atoms with E-state index in [2.05, 4.69) is 69.4 Å². The fourth-order valence-corrected chi connectivity index (χ4v) is 8.97. The van der Waals surface area contributed by atoms with Gasteiger partial charge < -0.3 is 24.2 Å². The van der Waals surface area contributed by atoms with E-state index in [0.717, 1.165) is 103 Å². The fraction of sp³-hybridized carbons (Fsp3) is 0.817. The van der Waals surface area contributed by atoms with Crippen LogP contribution in [-0.4, -0.2) is 66.5 Å². The molecule has 0 aliphatic carbocycles. The zero-order valence-electron chi connectivity index (χ0n) is 46.4. The Morgan fingerprint density at radius 3 is 1.11 bits per heavy atom. The lowest BCUT2D eigenvalue weighted by atomic mass is 10.0. The maximum Gasteiger partial charge on any atom is 0.472 e. The van der Waals surface area contributed by atoms with Crippen LogP contribution in [0.4, 0.5) is 0 Å². The summed E-state index contributed by atoms with van der Waals surface area (Å²) in [5, 5.41) is 9.80. The third kappa shape index (κ3) is 52.3. The van der Waals surface area contributed by atoms with Crippen LogP contribution in [0, 0.1) is 0 Å². The number of ether oxygens (including phenoxy) is 3. The predicted molar refractivity (Wildman–Crippen MR) is 298 cm³/mol. The second-order valence-corrected chi connectivity index (χ2v) is 21.3. The average Bonchev–Trinajstić information content (AvgIpc) is 3.37. The Balaban J connectivity index is 4.72. The minimum atomic E-state index is -4.75. The molecule has 0 heterocycles. The molecule has 0 aliphatic rings. The van der Waals surface area contributed by atoms with Crippen LogP contribution in [0.25, 0.3) is 0 Å². The monoisotopic (exact) mass is 1040 g/mol. The number of carbonyl (C=O) groups is 3. The summed E-state index contributed by atoms with van der Waals surface area (Å²) in [6, 6.07) is 0. The molecule has 72 heavy (non-hydrogen) atoms. The van der Waals surface area contributed by atoms with Gasteiger partial charge in [-0.15, -0.1) is 0 Å². The molecule has 3 unspecified atom stereocenters. The first-order chi connectivity index (χ1) is 35.2. The Bertz CT molecular complexity index is 1400. The van der Waals surface area contributed by atoms with Crippen molar-refractivity contribution in [2.24, 2.45) is 0 Å². The quantitative estimate of drug-likeness (QED) is 0.0197. The maximum absolute atomic E-state index is 12.9. The van der Waals surface area contributed by atoms with Crippen molar-refractivity contribution in [3.63, 3.8) is 0 Å². The first-order valence-electron chi connectivity index (χ1n) is 29.5. The number of phosphoric acid groups is 1. The number of phosphoric ester groups is 1. The van der Waals surface area contributed by atoms with E-state index in [0.29, 0.717) is 19.3 Å². The Kier molecular flexibility index (Phi) is 52.7. The van der Waals surface area contributed by atoms with Gasteiger partial charge in [-0.1, -0.05) is 230 Å². The summed E-state index contributed by atoms with van der Waals surface area (Å²) in [7, 11) is -4.75. The van der Waals surface area contributed by atoms with Crippen LogP contribution < -0.4 is 0 Å². The van der Waals surface area contributed by atoms with Gasteiger partial charge in [0.25, 0.3) is 0 Å². The molecule has 0 aromatic rings. The van der Waals surface area contributed by atoms with Gasteiger partial charge in [0, 0.05) is 19.3 Å². The van der Waals surface area contributed by atoms with Crippen molar-refractivity contribution < 1.29 is 52.2 Å². The van der Waals surface area contributed by atoms with Crippen LogP contribution in [0.3, 0.4) is 0 Å². The van der Waals surface area contributed by atoms with E-state index < -0.39 is 57.8 Å². The Hall–Kier alpha value is -2.56. The third-order valence-corrected chi connectivity index (χ3v) is 13.7. The molecule has 12 heteroatoms. The van der Waals surface area contributed by atoms with Crippen molar-refractivity contribution in [3.8, 4) is 0 Å². The molecule has 0 saturated heterocycles. The highest BCUT2D eigenvalue weighted by Crippen LogP contribution is 2.43. The van der Waals surface area contributed by atoms with E-state index in [1.165, 1.54) is 116 Å². The van der Waals surface area contributed by atoms with Gasteiger partial charge in [0.15, 0.2) is 6.10 Å². The molecule has 420 valence electrons. The number of esters is 3. The van der Waals surface area contributed by atoms with Gasteiger partial charge in [-0.05, 0) is 77.0 Å². The van der Waals surface area contributed by atoms with Crippen molar-refractivity contribution >= 4 is 25.7 Å². The average molecular weight is 1040 g/mol. The molecule has 2 N–H and O–H groups in total. The van der Waals surface area contributed by atoms with Gasteiger partial charge in [0.2, 0.25) is 0 Å².